The van der Waals surface area contributed by atoms with E-state index in [1.807, 2.05) is 0 Å². The van der Waals surface area contributed by atoms with Crippen molar-refractivity contribution in [3.8, 4) is 0 Å². The fraction of sp³-hybridized carbons (Fsp3) is 0.882. The summed E-state index contributed by atoms with van der Waals surface area (Å²) in [6, 6.07) is 0.244. The molecule has 0 spiro atoms. The van der Waals surface area contributed by atoms with E-state index in [1.54, 1.807) is 5.57 Å². The lowest BCUT2D eigenvalue weighted by Crippen LogP contribution is -2.59. The Morgan fingerprint density at radius 2 is 1.89 bits per heavy atom. The Hall–Kier alpha value is -0.340. The third-order valence-corrected chi connectivity index (χ3v) is 5.59. The zero-order chi connectivity index (χ0) is 13.9. The van der Waals surface area contributed by atoms with Gasteiger partial charge in [-0.3, -0.25) is 0 Å². The van der Waals surface area contributed by atoms with Crippen LogP contribution in [0.25, 0.3) is 0 Å². The third kappa shape index (κ3) is 3.22. The fourth-order valence-corrected chi connectivity index (χ4v) is 3.97. The summed E-state index contributed by atoms with van der Waals surface area (Å²) in [5, 5.41) is 0. The molecule has 1 unspecified atom stereocenters. The SMILES string of the molecule is CC1CCC(C(N)C2=CCCCCC2)(N(C)C)CC1. The van der Waals surface area contributed by atoms with Crippen molar-refractivity contribution in [1.29, 1.82) is 0 Å². The van der Waals surface area contributed by atoms with Gasteiger partial charge in [0.1, 0.15) is 0 Å². The standard InChI is InChI=1S/C17H32N2/c1-14-10-12-17(13-11-14,19(2)3)16(18)15-8-6-4-5-7-9-15/h8,14,16H,4-7,9-13,18H2,1-3H3. The molecule has 2 N–H and O–H groups in total. The lowest BCUT2D eigenvalue weighted by molar-refractivity contribution is 0.0663. The number of allylic oxidation sites excluding steroid dienone is 1. The Balaban J connectivity index is 2.16. The van der Waals surface area contributed by atoms with Crippen LogP contribution in [0.3, 0.4) is 0 Å². The van der Waals surface area contributed by atoms with Crippen LogP contribution < -0.4 is 5.73 Å². The van der Waals surface area contributed by atoms with Gasteiger partial charge in [-0.05, 0) is 71.4 Å². The average Bonchev–Trinajstić information content (AvgIpc) is 2.67. The predicted molar refractivity (Wildman–Crippen MR) is 83.2 cm³/mol. The van der Waals surface area contributed by atoms with Gasteiger partial charge in [0.2, 0.25) is 0 Å². The normalized spacial score (nSPS) is 34.8. The number of nitrogens with two attached hydrogens (primary N) is 1. The molecule has 0 aromatic carbocycles. The van der Waals surface area contributed by atoms with Gasteiger partial charge >= 0.3 is 0 Å². The molecule has 2 aliphatic carbocycles. The molecule has 0 heterocycles. The summed E-state index contributed by atoms with van der Waals surface area (Å²) >= 11 is 0. The highest BCUT2D eigenvalue weighted by Crippen LogP contribution is 2.40. The van der Waals surface area contributed by atoms with E-state index in [9.17, 15) is 0 Å². The third-order valence-electron chi connectivity index (χ3n) is 5.59. The van der Waals surface area contributed by atoms with Crippen molar-refractivity contribution in [3.05, 3.63) is 11.6 Å². The van der Waals surface area contributed by atoms with Crippen molar-refractivity contribution >= 4 is 0 Å². The molecule has 0 aliphatic heterocycles. The largest absolute Gasteiger partial charge is 0.323 e. The van der Waals surface area contributed by atoms with E-state index >= 15 is 0 Å². The minimum atomic E-state index is 0.211. The zero-order valence-electron chi connectivity index (χ0n) is 13.1. The number of rotatable bonds is 3. The lowest BCUT2D eigenvalue weighted by atomic mass is 9.70. The molecule has 2 aliphatic rings. The maximum atomic E-state index is 6.76. The molecular weight excluding hydrogens is 232 g/mol. The van der Waals surface area contributed by atoms with Crippen LogP contribution in [0.5, 0.6) is 0 Å². The van der Waals surface area contributed by atoms with Crippen LogP contribution in [0.15, 0.2) is 11.6 Å². The highest BCUT2D eigenvalue weighted by Gasteiger charge is 2.42. The van der Waals surface area contributed by atoms with Crippen LogP contribution in [0.4, 0.5) is 0 Å². The van der Waals surface area contributed by atoms with E-state index in [0.29, 0.717) is 0 Å². The van der Waals surface area contributed by atoms with Crippen LogP contribution in [0.1, 0.15) is 64.7 Å². The van der Waals surface area contributed by atoms with Crippen LogP contribution in [0.2, 0.25) is 0 Å². The highest BCUT2D eigenvalue weighted by molar-refractivity contribution is 5.20. The highest BCUT2D eigenvalue weighted by atomic mass is 15.2. The maximum Gasteiger partial charge on any atom is 0.0441 e. The Labute approximate surface area is 119 Å². The van der Waals surface area contributed by atoms with Crippen molar-refractivity contribution in [2.75, 3.05) is 14.1 Å². The second kappa shape index (κ2) is 6.41. The zero-order valence-corrected chi connectivity index (χ0v) is 13.1. The van der Waals surface area contributed by atoms with Gasteiger partial charge in [0.15, 0.2) is 0 Å². The number of likely N-dealkylation sites (N-methyl/N-ethyl adjacent to an activating group) is 1. The molecule has 1 saturated carbocycles. The maximum absolute atomic E-state index is 6.76. The van der Waals surface area contributed by atoms with Gasteiger partial charge in [-0.25, -0.2) is 0 Å². The van der Waals surface area contributed by atoms with Gasteiger partial charge in [-0.15, -0.1) is 0 Å². The van der Waals surface area contributed by atoms with Crippen molar-refractivity contribution in [2.45, 2.75) is 76.3 Å². The molecule has 0 amide bonds. The van der Waals surface area contributed by atoms with Crippen molar-refractivity contribution < 1.29 is 0 Å². The van der Waals surface area contributed by atoms with Crippen molar-refractivity contribution in [2.24, 2.45) is 11.7 Å². The van der Waals surface area contributed by atoms with Crippen LogP contribution in [-0.4, -0.2) is 30.6 Å². The molecule has 2 heteroatoms. The molecule has 2 rings (SSSR count). The summed E-state index contributed by atoms with van der Waals surface area (Å²) in [5.74, 6) is 0.878. The van der Waals surface area contributed by atoms with Gasteiger partial charge in [0.05, 0.1) is 0 Å². The summed E-state index contributed by atoms with van der Waals surface area (Å²) in [5.41, 5.74) is 8.52. The molecule has 0 saturated heterocycles. The van der Waals surface area contributed by atoms with E-state index in [2.05, 4.69) is 32.0 Å². The van der Waals surface area contributed by atoms with Crippen molar-refractivity contribution in [1.82, 2.24) is 4.90 Å². The van der Waals surface area contributed by atoms with E-state index in [0.717, 1.165) is 5.92 Å². The second-order valence-electron chi connectivity index (χ2n) is 7.04. The Morgan fingerprint density at radius 3 is 2.53 bits per heavy atom. The van der Waals surface area contributed by atoms with Crippen LogP contribution in [0, 0.1) is 5.92 Å². The van der Waals surface area contributed by atoms with Crippen LogP contribution >= 0.6 is 0 Å². The summed E-state index contributed by atoms with van der Waals surface area (Å²) in [7, 11) is 4.46. The molecule has 0 bridgehead atoms. The monoisotopic (exact) mass is 264 g/mol. The Kier molecular flexibility index (Phi) is 5.08. The van der Waals surface area contributed by atoms with Gasteiger partial charge in [-0.2, -0.15) is 0 Å². The van der Waals surface area contributed by atoms with E-state index in [4.69, 9.17) is 5.73 Å². The first-order valence-corrected chi connectivity index (χ1v) is 8.18. The smallest absolute Gasteiger partial charge is 0.0441 e. The molecule has 110 valence electrons. The number of hydrogen-bond donors (Lipinski definition) is 1. The molecule has 1 fully saturated rings. The molecule has 0 aromatic rings. The molecule has 0 radical (unpaired) electrons. The van der Waals surface area contributed by atoms with Gasteiger partial charge < -0.3 is 10.6 Å². The summed E-state index contributed by atoms with van der Waals surface area (Å²) in [6.45, 7) is 2.38. The molecule has 0 aromatic heterocycles. The first-order chi connectivity index (χ1) is 9.06. The molecular formula is C17H32N2. The minimum Gasteiger partial charge on any atom is -0.323 e. The quantitative estimate of drug-likeness (QED) is 0.787. The fourth-order valence-electron chi connectivity index (χ4n) is 3.97. The Morgan fingerprint density at radius 1 is 1.21 bits per heavy atom. The second-order valence-corrected chi connectivity index (χ2v) is 7.04. The van der Waals surface area contributed by atoms with Crippen molar-refractivity contribution in [3.63, 3.8) is 0 Å². The van der Waals surface area contributed by atoms with E-state index in [1.165, 1.54) is 57.8 Å². The first-order valence-electron chi connectivity index (χ1n) is 8.18. The summed E-state index contributed by atoms with van der Waals surface area (Å²) in [6.07, 6.45) is 14.2. The predicted octanol–water partition coefficient (Wildman–Crippen LogP) is 3.71. The van der Waals surface area contributed by atoms with Gasteiger partial charge in [0.25, 0.3) is 0 Å². The summed E-state index contributed by atoms with van der Waals surface area (Å²) in [4.78, 5) is 2.43. The Bertz CT molecular complexity index is 311. The molecule has 19 heavy (non-hydrogen) atoms. The number of hydrogen-bond acceptors (Lipinski definition) is 2. The topological polar surface area (TPSA) is 29.3 Å². The van der Waals surface area contributed by atoms with Gasteiger partial charge in [-0.1, -0.05) is 25.0 Å². The lowest BCUT2D eigenvalue weighted by Gasteiger charge is -2.49. The van der Waals surface area contributed by atoms with E-state index in [-0.39, 0.29) is 11.6 Å². The molecule has 2 nitrogen and oxygen atoms in total. The van der Waals surface area contributed by atoms with Crippen LogP contribution in [-0.2, 0) is 0 Å². The first kappa shape index (κ1) is 15.1. The number of nitrogens with zero attached hydrogens (tertiary/aromatic N) is 1. The average molecular weight is 264 g/mol. The summed E-state index contributed by atoms with van der Waals surface area (Å²) < 4.78 is 0. The molecule has 1 atom stereocenters. The van der Waals surface area contributed by atoms with E-state index < -0.39 is 0 Å². The minimum absolute atomic E-state index is 0.211. The van der Waals surface area contributed by atoms with Gasteiger partial charge in [0, 0.05) is 11.6 Å².